The van der Waals surface area contributed by atoms with E-state index in [1.807, 2.05) is 49.4 Å². The third-order valence-electron chi connectivity index (χ3n) is 4.49. The van der Waals surface area contributed by atoms with Crippen LogP contribution in [-0.2, 0) is 10.0 Å². The van der Waals surface area contributed by atoms with Crippen molar-refractivity contribution in [3.8, 4) is 6.07 Å². The van der Waals surface area contributed by atoms with Gasteiger partial charge in [0, 0.05) is 6.54 Å². The van der Waals surface area contributed by atoms with Crippen molar-refractivity contribution in [1.29, 1.82) is 5.26 Å². The SMILES string of the molecule is Cc1ccc(S(=O)(=O)NCC(Nc2cccc(C#N)n2)c2ccccc2)c(C)c1. The molecule has 0 aliphatic carbocycles. The van der Waals surface area contributed by atoms with Crippen LogP contribution < -0.4 is 10.0 Å². The number of benzene rings is 2. The Morgan fingerprint density at radius 3 is 2.48 bits per heavy atom. The highest BCUT2D eigenvalue weighted by atomic mass is 32.2. The normalized spacial score (nSPS) is 12.2. The number of nitrogens with one attached hydrogen (secondary N) is 2. The summed E-state index contributed by atoms with van der Waals surface area (Å²) in [7, 11) is -3.68. The van der Waals surface area contributed by atoms with Crippen molar-refractivity contribution < 1.29 is 8.42 Å². The Kier molecular flexibility index (Phi) is 6.27. The molecule has 7 heteroatoms. The number of aromatic nitrogens is 1. The fourth-order valence-corrected chi connectivity index (χ4v) is 4.34. The van der Waals surface area contributed by atoms with Crippen LogP contribution in [0.2, 0.25) is 0 Å². The molecule has 0 radical (unpaired) electrons. The minimum atomic E-state index is -3.68. The first-order valence-electron chi connectivity index (χ1n) is 9.14. The third kappa shape index (κ3) is 5.19. The molecule has 0 spiro atoms. The van der Waals surface area contributed by atoms with Crippen LogP contribution in [0, 0.1) is 25.2 Å². The predicted molar refractivity (Wildman–Crippen MR) is 113 cm³/mol. The summed E-state index contributed by atoms with van der Waals surface area (Å²) in [5.74, 6) is 0.503. The van der Waals surface area contributed by atoms with Gasteiger partial charge in [-0.2, -0.15) is 5.26 Å². The first-order chi connectivity index (χ1) is 13.9. The second kappa shape index (κ2) is 8.86. The maximum Gasteiger partial charge on any atom is 0.240 e. The quantitative estimate of drug-likeness (QED) is 0.624. The fourth-order valence-electron chi connectivity index (χ4n) is 3.07. The van der Waals surface area contributed by atoms with Crippen LogP contribution in [0.25, 0.3) is 0 Å². The first kappa shape index (κ1) is 20.5. The topological polar surface area (TPSA) is 94.9 Å². The van der Waals surface area contributed by atoms with Gasteiger partial charge in [0.25, 0.3) is 0 Å². The smallest absolute Gasteiger partial charge is 0.240 e. The van der Waals surface area contributed by atoms with Gasteiger partial charge in [0.05, 0.1) is 10.9 Å². The number of anilines is 1. The summed E-state index contributed by atoms with van der Waals surface area (Å²) >= 11 is 0. The molecule has 0 saturated carbocycles. The summed E-state index contributed by atoms with van der Waals surface area (Å²) in [5, 5.41) is 12.3. The van der Waals surface area contributed by atoms with Crippen LogP contribution in [0.4, 0.5) is 5.82 Å². The highest BCUT2D eigenvalue weighted by molar-refractivity contribution is 7.89. The summed E-state index contributed by atoms with van der Waals surface area (Å²) < 4.78 is 28.4. The number of aryl methyl sites for hydroxylation is 2. The van der Waals surface area contributed by atoms with Gasteiger partial charge in [0.15, 0.2) is 0 Å². The van der Waals surface area contributed by atoms with Crippen molar-refractivity contribution in [2.75, 3.05) is 11.9 Å². The Labute approximate surface area is 171 Å². The molecule has 1 unspecified atom stereocenters. The van der Waals surface area contributed by atoms with E-state index in [1.165, 1.54) is 0 Å². The molecule has 3 aromatic rings. The number of hydrogen-bond donors (Lipinski definition) is 2. The van der Waals surface area contributed by atoms with Gasteiger partial charge >= 0.3 is 0 Å². The Morgan fingerprint density at radius 2 is 1.79 bits per heavy atom. The zero-order chi connectivity index (χ0) is 20.9. The molecule has 0 fully saturated rings. The summed E-state index contributed by atoms with van der Waals surface area (Å²) in [4.78, 5) is 4.50. The Morgan fingerprint density at radius 1 is 1.03 bits per heavy atom. The first-order valence-corrected chi connectivity index (χ1v) is 10.6. The second-order valence-corrected chi connectivity index (χ2v) is 8.48. The summed E-state index contributed by atoms with van der Waals surface area (Å²) in [6.45, 7) is 3.83. The van der Waals surface area contributed by atoms with E-state index < -0.39 is 10.0 Å². The minimum Gasteiger partial charge on any atom is -0.362 e. The van der Waals surface area contributed by atoms with Crippen molar-refractivity contribution >= 4 is 15.8 Å². The number of sulfonamides is 1. The number of hydrogen-bond acceptors (Lipinski definition) is 5. The van der Waals surface area contributed by atoms with Crippen molar-refractivity contribution in [2.24, 2.45) is 0 Å². The molecule has 3 rings (SSSR count). The van der Waals surface area contributed by atoms with Gasteiger partial charge in [0.2, 0.25) is 10.0 Å². The molecule has 6 nitrogen and oxygen atoms in total. The van der Waals surface area contributed by atoms with E-state index in [0.29, 0.717) is 11.4 Å². The molecule has 0 amide bonds. The molecule has 2 aromatic carbocycles. The van der Waals surface area contributed by atoms with Crippen LogP contribution in [-0.4, -0.2) is 19.9 Å². The molecule has 148 valence electrons. The predicted octanol–water partition coefficient (Wildman–Crippen LogP) is 3.70. The average Bonchev–Trinajstić information content (AvgIpc) is 2.71. The summed E-state index contributed by atoms with van der Waals surface area (Å²) in [6, 6.07) is 21.5. The average molecular weight is 407 g/mol. The van der Waals surface area contributed by atoms with E-state index >= 15 is 0 Å². The van der Waals surface area contributed by atoms with Gasteiger partial charge in [-0.15, -0.1) is 0 Å². The van der Waals surface area contributed by atoms with Gasteiger partial charge < -0.3 is 5.32 Å². The monoisotopic (exact) mass is 406 g/mol. The molecule has 1 heterocycles. The Hall–Kier alpha value is -3.21. The van der Waals surface area contributed by atoms with Crippen molar-refractivity contribution in [3.63, 3.8) is 0 Å². The van der Waals surface area contributed by atoms with E-state index in [0.717, 1.165) is 11.1 Å². The molecule has 0 saturated heterocycles. The van der Waals surface area contributed by atoms with E-state index in [9.17, 15) is 8.42 Å². The van der Waals surface area contributed by atoms with Gasteiger partial charge in [-0.3, -0.25) is 0 Å². The number of pyridine rings is 1. The van der Waals surface area contributed by atoms with E-state index in [-0.39, 0.29) is 23.2 Å². The van der Waals surface area contributed by atoms with E-state index in [1.54, 1.807) is 37.3 Å². The Balaban J connectivity index is 1.84. The van der Waals surface area contributed by atoms with Gasteiger partial charge in [0.1, 0.15) is 17.6 Å². The summed E-state index contributed by atoms with van der Waals surface area (Å²) in [6.07, 6.45) is 0. The lowest BCUT2D eigenvalue weighted by Gasteiger charge is -2.21. The van der Waals surface area contributed by atoms with Crippen molar-refractivity contribution in [2.45, 2.75) is 24.8 Å². The molecule has 29 heavy (non-hydrogen) atoms. The standard InChI is InChI=1S/C22H22N4O2S/c1-16-11-12-21(17(2)13-16)29(27,28)24-15-20(18-7-4-3-5-8-18)26-22-10-6-9-19(14-23)25-22/h3-13,20,24H,15H2,1-2H3,(H,25,26). The lowest BCUT2D eigenvalue weighted by molar-refractivity contribution is 0.575. The molecule has 2 N–H and O–H groups in total. The number of nitriles is 1. The third-order valence-corrected chi connectivity index (χ3v) is 6.07. The molecule has 1 aromatic heterocycles. The molecule has 0 bridgehead atoms. The molecule has 0 aliphatic heterocycles. The van der Waals surface area contributed by atoms with Crippen LogP contribution in [0.5, 0.6) is 0 Å². The minimum absolute atomic E-state index is 0.123. The molecule has 1 atom stereocenters. The zero-order valence-corrected chi connectivity index (χ0v) is 17.1. The van der Waals surface area contributed by atoms with Crippen molar-refractivity contribution in [1.82, 2.24) is 9.71 Å². The highest BCUT2D eigenvalue weighted by Gasteiger charge is 2.20. The zero-order valence-electron chi connectivity index (χ0n) is 16.3. The van der Waals surface area contributed by atoms with E-state index in [2.05, 4.69) is 15.0 Å². The largest absolute Gasteiger partial charge is 0.362 e. The Bertz CT molecular complexity index is 1140. The van der Waals surface area contributed by atoms with Gasteiger partial charge in [-0.05, 0) is 43.2 Å². The lowest BCUT2D eigenvalue weighted by Crippen LogP contribution is -2.32. The van der Waals surface area contributed by atoms with Gasteiger partial charge in [-0.25, -0.2) is 18.1 Å². The van der Waals surface area contributed by atoms with Crippen LogP contribution in [0.3, 0.4) is 0 Å². The lowest BCUT2D eigenvalue weighted by atomic mass is 10.1. The van der Waals surface area contributed by atoms with Crippen molar-refractivity contribution in [3.05, 3.63) is 89.1 Å². The van der Waals surface area contributed by atoms with Crippen LogP contribution in [0.15, 0.2) is 71.6 Å². The fraction of sp³-hybridized carbons (Fsp3) is 0.182. The van der Waals surface area contributed by atoms with Crippen LogP contribution in [0.1, 0.15) is 28.4 Å². The molecule has 0 aliphatic rings. The summed E-state index contributed by atoms with van der Waals surface area (Å²) in [5.41, 5.74) is 2.90. The number of rotatable bonds is 7. The molecular weight excluding hydrogens is 384 g/mol. The van der Waals surface area contributed by atoms with Crippen LogP contribution >= 0.6 is 0 Å². The molecular formula is C22H22N4O2S. The van der Waals surface area contributed by atoms with Gasteiger partial charge in [-0.1, -0.05) is 54.1 Å². The maximum absolute atomic E-state index is 12.9. The second-order valence-electron chi connectivity index (χ2n) is 6.75. The highest BCUT2D eigenvalue weighted by Crippen LogP contribution is 2.20. The number of nitrogens with zero attached hydrogens (tertiary/aromatic N) is 2. The van der Waals surface area contributed by atoms with E-state index in [4.69, 9.17) is 5.26 Å². The maximum atomic E-state index is 12.9.